The van der Waals surface area contributed by atoms with Crippen molar-refractivity contribution < 1.29 is 9.18 Å². The lowest BCUT2D eigenvalue weighted by Gasteiger charge is -2.09. The van der Waals surface area contributed by atoms with Gasteiger partial charge in [0.15, 0.2) is 0 Å². The molecule has 0 unspecified atom stereocenters. The molecular weight excluding hydrogens is 267 g/mol. The summed E-state index contributed by atoms with van der Waals surface area (Å²) < 4.78 is 13.5. The fraction of sp³-hybridized carbons (Fsp3) is 0.0714. The molecule has 0 spiro atoms. The first kappa shape index (κ1) is 13.4. The Labute approximate surface area is 115 Å². The summed E-state index contributed by atoms with van der Waals surface area (Å²) in [6, 6.07) is 8.89. The Morgan fingerprint density at radius 2 is 2.00 bits per heavy atom. The molecule has 0 heterocycles. The molecule has 1 amide bonds. The summed E-state index contributed by atoms with van der Waals surface area (Å²) in [4.78, 5) is 12.0. The van der Waals surface area contributed by atoms with Crippen molar-refractivity contribution in [3.05, 3.63) is 58.4 Å². The van der Waals surface area contributed by atoms with Crippen LogP contribution in [0.25, 0.3) is 0 Å². The lowest BCUT2D eigenvalue weighted by atomic mass is 10.1. The van der Waals surface area contributed by atoms with Crippen LogP contribution in [0, 0.1) is 12.7 Å². The highest BCUT2D eigenvalue weighted by atomic mass is 35.5. The van der Waals surface area contributed by atoms with Gasteiger partial charge in [0.05, 0.1) is 5.69 Å². The number of nitrogens with one attached hydrogen (secondary N) is 1. The van der Waals surface area contributed by atoms with Crippen LogP contribution in [-0.2, 0) is 0 Å². The van der Waals surface area contributed by atoms with Gasteiger partial charge in [-0.2, -0.15) is 0 Å². The molecule has 0 aliphatic rings. The first-order chi connectivity index (χ1) is 8.97. The Morgan fingerprint density at radius 3 is 2.68 bits per heavy atom. The van der Waals surface area contributed by atoms with Gasteiger partial charge in [-0.25, -0.2) is 4.39 Å². The summed E-state index contributed by atoms with van der Waals surface area (Å²) in [6.07, 6.45) is 0. The number of carbonyl (C=O) groups excluding carboxylic acids is 1. The molecule has 0 saturated carbocycles. The van der Waals surface area contributed by atoms with Crippen molar-refractivity contribution in [1.29, 1.82) is 0 Å². The number of hydrogen-bond donors (Lipinski definition) is 2. The van der Waals surface area contributed by atoms with Crippen LogP contribution in [0.2, 0.25) is 5.02 Å². The number of hydrogen-bond acceptors (Lipinski definition) is 2. The molecule has 0 aliphatic carbocycles. The third kappa shape index (κ3) is 3.03. The lowest BCUT2D eigenvalue weighted by molar-refractivity contribution is 0.102. The topological polar surface area (TPSA) is 55.1 Å². The van der Waals surface area contributed by atoms with Gasteiger partial charge in [0.2, 0.25) is 0 Å². The van der Waals surface area contributed by atoms with E-state index in [0.717, 1.165) is 5.56 Å². The number of aryl methyl sites for hydroxylation is 1. The first-order valence-electron chi connectivity index (χ1n) is 5.60. The van der Waals surface area contributed by atoms with E-state index in [2.05, 4.69) is 5.32 Å². The summed E-state index contributed by atoms with van der Waals surface area (Å²) in [5, 5.41) is 2.84. The van der Waals surface area contributed by atoms with E-state index in [-0.39, 0.29) is 5.69 Å². The molecule has 0 saturated heterocycles. The average molecular weight is 279 g/mol. The predicted molar refractivity (Wildman–Crippen MR) is 75.0 cm³/mol. The van der Waals surface area contributed by atoms with Crippen molar-refractivity contribution in [3.8, 4) is 0 Å². The minimum absolute atomic E-state index is 0.0497. The lowest BCUT2D eigenvalue weighted by Crippen LogP contribution is -2.14. The monoisotopic (exact) mass is 278 g/mol. The second-order valence-corrected chi connectivity index (χ2v) is 4.59. The van der Waals surface area contributed by atoms with Crippen LogP contribution >= 0.6 is 11.6 Å². The van der Waals surface area contributed by atoms with Crippen LogP contribution in [0.3, 0.4) is 0 Å². The van der Waals surface area contributed by atoms with E-state index in [9.17, 15) is 9.18 Å². The highest BCUT2D eigenvalue weighted by molar-refractivity contribution is 6.31. The zero-order valence-electron chi connectivity index (χ0n) is 10.2. The van der Waals surface area contributed by atoms with Gasteiger partial charge < -0.3 is 11.1 Å². The highest BCUT2D eigenvalue weighted by Gasteiger charge is 2.12. The van der Waals surface area contributed by atoms with Crippen molar-refractivity contribution in [3.63, 3.8) is 0 Å². The normalized spacial score (nSPS) is 10.3. The summed E-state index contributed by atoms with van der Waals surface area (Å²) in [5.74, 6) is -0.940. The number of halogens is 2. The minimum Gasteiger partial charge on any atom is -0.399 e. The fourth-order valence-electron chi connectivity index (χ4n) is 1.72. The Hall–Kier alpha value is -2.07. The smallest absolute Gasteiger partial charge is 0.256 e. The number of benzene rings is 2. The average Bonchev–Trinajstić information content (AvgIpc) is 2.33. The predicted octanol–water partition coefficient (Wildman–Crippen LogP) is 3.62. The van der Waals surface area contributed by atoms with E-state index in [4.69, 9.17) is 17.3 Å². The molecule has 0 aliphatic heterocycles. The van der Waals surface area contributed by atoms with E-state index in [1.807, 2.05) is 0 Å². The second kappa shape index (κ2) is 5.28. The number of amides is 1. The van der Waals surface area contributed by atoms with E-state index in [1.165, 1.54) is 18.2 Å². The van der Waals surface area contributed by atoms with E-state index < -0.39 is 11.7 Å². The molecule has 0 fully saturated rings. The van der Waals surface area contributed by atoms with Gasteiger partial charge in [-0.1, -0.05) is 11.6 Å². The number of nitrogen functional groups attached to an aromatic ring is 1. The molecule has 3 nitrogen and oxygen atoms in total. The Morgan fingerprint density at radius 1 is 1.26 bits per heavy atom. The molecular formula is C14H12ClFN2O. The molecule has 2 rings (SSSR count). The van der Waals surface area contributed by atoms with Gasteiger partial charge >= 0.3 is 0 Å². The maximum atomic E-state index is 13.5. The van der Waals surface area contributed by atoms with Crippen molar-refractivity contribution in [1.82, 2.24) is 0 Å². The third-order valence-electron chi connectivity index (χ3n) is 2.67. The van der Waals surface area contributed by atoms with Crippen LogP contribution in [0.1, 0.15) is 15.9 Å². The number of nitrogens with two attached hydrogens (primary N) is 1. The number of carbonyl (C=O) groups is 1. The number of anilines is 2. The van der Waals surface area contributed by atoms with E-state index in [0.29, 0.717) is 16.3 Å². The molecule has 19 heavy (non-hydrogen) atoms. The fourth-order valence-corrected chi connectivity index (χ4v) is 1.90. The first-order valence-corrected chi connectivity index (χ1v) is 5.97. The molecule has 0 aromatic heterocycles. The van der Waals surface area contributed by atoms with Gasteiger partial charge in [0, 0.05) is 16.3 Å². The molecule has 98 valence electrons. The van der Waals surface area contributed by atoms with Crippen molar-refractivity contribution >= 4 is 28.9 Å². The van der Waals surface area contributed by atoms with Gasteiger partial charge in [-0.3, -0.25) is 4.79 Å². The Kier molecular flexibility index (Phi) is 3.71. The largest absolute Gasteiger partial charge is 0.399 e. The summed E-state index contributed by atoms with van der Waals surface area (Å²) in [6.45, 7) is 1.76. The molecule has 0 atom stereocenters. The SMILES string of the molecule is Cc1cc(N)ccc1C(=O)Nc1cc(Cl)ccc1F. The van der Waals surface area contributed by atoms with Crippen molar-refractivity contribution in [2.24, 2.45) is 0 Å². The third-order valence-corrected chi connectivity index (χ3v) is 2.91. The zero-order chi connectivity index (χ0) is 14.0. The summed E-state index contributed by atoms with van der Waals surface area (Å²) in [7, 11) is 0. The minimum atomic E-state index is -0.536. The Bertz CT molecular complexity index is 643. The van der Waals surface area contributed by atoms with Crippen molar-refractivity contribution in [2.45, 2.75) is 6.92 Å². The molecule has 3 N–H and O–H groups in total. The van der Waals surface area contributed by atoms with Gasteiger partial charge in [0.25, 0.3) is 5.91 Å². The summed E-state index contributed by atoms with van der Waals surface area (Å²) >= 11 is 5.76. The van der Waals surface area contributed by atoms with Crippen LogP contribution in [0.15, 0.2) is 36.4 Å². The van der Waals surface area contributed by atoms with E-state index in [1.54, 1.807) is 25.1 Å². The standard InChI is InChI=1S/C14H12ClFN2O/c1-8-6-10(17)3-4-11(8)14(19)18-13-7-9(15)2-5-12(13)16/h2-7H,17H2,1H3,(H,18,19). The maximum absolute atomic E-state index is 13.5. The maximum Gasteiger partial charge on any atom is 0.256 e. The zero-order valence-corrected chi connectivity index (χ0v) is 11.0. The van der Waals surface area contributed by atoms with Gasteiger partial charge in [-0.15, -0.1) is 0 Å². The molecule has 5 heteroatoms. The molecule has 2 aromatic carbocycles. The van der Waals surface area contributed by atoms with Crippen LogP contribution in [0.5, 0.6) is 0 Å². The quantitative estimate of drug-likeness (QED) is 0.824. The Balaban J connectivity index is 2.28. The second-order valence-electron chi connectivity index (χ2n) is 4.15. The molecule has 2 aromatic rings. The molecule has 0 bridgehead atoms. The van der Waals surface area contributed by atoms with Crippen LogP contribution in [-0.4, -0.2) is 5.91 Å². The summed E-state index contributed by atoms with van der Waals surface area (Å²) in [5.41, 5.74) is 7.40. The van der Waals surface area contributed by atoms with Gasteiger partial charge in [0.1, 0.15) is 5.82 Å². The number of rotatable bonds is 2. The van der Waals surface area contributed by atoms with Gasteiger partial charge in [-0.05, 0) is 48.9 Å². The van der Waals surface area contributed by atoms with E-state index >= 15 is 0 Å². The van der Waals surface area contributed by atoms with Crippen LogP contribution in [0.4, 0.5) is 15.8 Å². The van der Waals surface area contributed by atoms with Crippen LogP contribution < -0.4 is 11.1 Å². The van der Waals surface area contributed by atoms with Crippen molar-refractivity contribution in [2.75, 3.05) is 11.1 Å². The molecule has 0 radical (unpaired) electrons. The highest BCUT2D eigenvalue weighted by Crippen LogP contribution is 2.21.